The van der Waals surface area contributed by atoms with E-state index in [1.165, 1.54) is 45.7 Å². The van der Waals surface area contributed by atoms with Crippen molar-refractivity contribution >= 4 is 121 Å². The second-order valence-corrected chi connectivity index (χ2v) is 27.5. The number of aryl methyl sites for hydroxylation is 1. The lowest BCUT2D eigenvalue weighted by atomic mass is 9.90. The highest BCUT2D eigenvalue weighted by Gasteiger charge is 2.40. The third-order valence-electron chi connectivity index (χ3n) is 15.1. The number of aromatic nitrogens is 7. The van der Waals surface area contributed by atoms with Crippen LogP contribution in [0.1, 0.15) is 130 Å². The molecule has 7 N–H and O–H groups in total. The van der Waals surface area contributed by atoms with Gasteiger partial charge in [-0.25, -0.2) is 39.7 Å². The van der Waals surface area contributed by atoms with Crippen LogP contribution in [0.2, 0.25) is 0 Å². The van der Waals surface area contributed by atoms with Crippen LogP contribution in [-0.4, -0.2) is 119 Å². The summed E-state index contributed by atoms with van der Waals surface area (Å²) in [5.41, 5.74) is 7.98. The fraction of sp³-hybridized carbons (Fsp3) is 0.250. The number of nitrogens with one attached hydrogen (secondary N) is 4. The highest BCUT2D eigenvalue weighted by Crippen LogP contribution is 2.42. The number of ether oxygens (including phenoxy) is 3. The summed E-state index contributed by atoms with van der Waals surface area (Å²) in [7, 11) is 1.15. The number of ketones is 2. The summed E-state index contributed by atoms with van der Waals surface area (Å²) in [6.45, 7) is 12.5. The number of epoxide rings is 1. The van der Waals surface area contributed by atoms with Gasteiger partial charge in [0.2, 0.25) is 11.8 Å². The molecule has 2 aliphatic rings. The number of hydrogen-bond donors (Lipinski definition) is 6. The number of carbonyl (C=O) groups excluding carboxylic acids is 9. The number of primary amides is 1. The van der Waals surface area contributed by atoms with Gasteiger partial charge in [-0.3, -0.25) is 38.4 Å². The largest absolute Gasteiger partial charge is 0.466 e. The predicted molar refractivity (Wildman–Crippen MR) is 355 cm³/mol. The number of carbonyl (C=O) groups is 9. The number of amides is 5. The standard InChI is InChI=1S/C64H56N12O13S6/c1-28(64(86)87-6)18-46(78)30(3)66-55(83)42-26-93-60(73-42)38-17-16-36-52(67-38)41-23-92-61(70-41)45-27-94-63(74-45)50(29(2)48-22-88-48)75-54(82)39(19-33-12-14-35(15-13-33)89-32(5)77)68-56(84)43-25-91-59(72-43)37(53(81)34-10-8-7-9-11-34)20-47(79)51-31(4)95-62(76-51)40(21-49(65)80)69-57(85)44-24-90-58(36)71-44/h7-17,23-27,29,37,39-40,48,50,53,81H,1,3,18-22H2,2,4-6H3,(H2,65,80)(H,66,83)(H,68,84)(H,69,85)(H,75,82)/t29-,37-,39-,40-,48-,50-,53+/m0/s1. The number of allylic oxidation sites excluding steroid dienone is 1. The molecular weight excluding hydrogens is 1340 g/mol. The molecule has 0 saturated carbocycles. The van der Waals surface area contributed by atoms with E-state index in [0.717, 1.165) is 52.5 Å². The lowest BCUT2D eigenvalue weighted by Gasteiger charge is -2.26. The van der Waals surface area contributed by atoms with Gasteiger partial charge in [-0.1, -0.05) is 62.5 Å². The Morgan fingerprint density at radius 2 is 1.37 bits per heavy atom. The zero-order chi connectivity index (χ0) is 67.4. The number of pyridine rings is 1. The summed E-state index contributed by atoms with van der Waals surface area (Å²) in [5.74, 6) is -7.18. The Bertz CT molecular complexity index is 4510. The third kappa shape index (κ3) is 15.6. The molecule has 25 nitrogen and oxygen atoms in total. The molecule has 1 fully saturated rings. The Kier molecular flexibility index (Phi) is 20.4. The molecule has 31 heteroatoms. The maximum absolute atomic E-state index is 15.0. The van der Waals surface area contributed by atoms with Crippen molar-refractivity contribution in [3.05, 3.63) is 172 Å². The molecule has 0 aliphatic carbocycles. The van der Waals surface area contributed by atoms with E-state index >= 15 is 4.79 Å². The Labute approximate surface area is 565 Å². The highest BCUT2D eigenvalue weighted by molar-refractivity contribution is 7.15. The van der Waals surface area contributed by atoms with Gasteiger partial charge in [-0.2, -0.15) is 0 Å². The van der Waals surface area contributed by atoms with Gasteiger partial charge < -0.3 is 46.3 Å². The number of benzene rings is 2. The van der Waals surface area contributed by atoms with Crippen LogP contribution in [0.3, 0.4) is 0 Å². The first kappa shape index (κ1) is 66.8. The van der Waals surface area contributed by atoms with Crippen molar-refractivity contribution in [1.29, 1.82) is 0 Å². The molecule has 1 saturated heterocycles. The topological polar surface area (TPSA) is 369 Å². The lowest BCUT2D eigenvalue weighted by molar-refractivity contribution is -0.137. The number of methoxy groups -OCH3 is 1. The van der Waals surface area contributed by atoms with Crippen molar-refractivity contribution in [3.63, 3.8) is 0 Å². The Balaban J connectivity index is 0.981. The van der Waals surface area contributed by atoms with Gasteiger partial charge in [0.25, 0.3) is 17.7 Å². The smallest absolute Gasteiger partial charge is 0.333 e. The van der Waals surface area contributed by atoms with Crippen molar-refractivity contribution in [2.24, 2.45) is 11.7 Å². The zero-order valence-electron chi connectivity index (χ0n) is 50.7. The molecule has 0 radical (unpaired) electrons. The Morgan fingerprint density at radius 3 is 2.08 bits per heavy atom. The molecule has 9 aromatic rings. The summed E-state index contributed by atoms with van der Waals surface area (Å²) in [6, 6.07) is 15.3. The van der Waals surface area contributed by atoms with Crippen LogP contribution >= 0.6 is 68.0 Å². The minimum atomic E-state index is -1.32. The molecule has 2 aliphatic heterocycles. The molecule has 11 rings (SSSR count). The van der Waals surface area contributed by atoms with E-state index < -0.39 is 96.0 Å². The lowest BCUT2D eigenvalue weighted by Crippen LogP contribution is -2.50. The van der Waals surface area contributed by atoms with Crippen LogP contribution in [0, 0.1) is 12.8 Å². The fourth-order valence-electron chi connectivity index (χ4n) is 10.1. The van der Waals surface area contributed by atoms with Crippen molar-refractivity contribution in [3.8, 4) is 49.1 Å². The van der Waals surface area contributed by atoms with E-state index in [4.69, 9.17) is 40.1 Å². The SMILES string of the molecule is C=C(CC(=O)C(=C)NC(=O)c1csc(-c2ccc3c(n2)-c2csc(n2)-c2csc(n2)[C@H]([C@@H](C)[C@@H]2CO2)NC(=O)[C@H](Cc2ccc(OC(C)=O)cc2)NC(=O)c2csc(n2)[C@H]([C@H](O)c2ccccc2)CC(=O)c2nc(sc2C)[C@H](CC(N)=O)NC(=O)c2csc-3n2)n1)C(=O)OC. The average Bonchev–Trinajstić information content (AvgIpc) is 1.69. The van der Waals surface area contributed by atoms with Gasteiger partial charge in [0.15, 0.2) is 11.6 Å². The van der Waals surface area contributed by atoms with E-state index in [1.807, 2.05) is 6.92 Å². The first-order valence-corrected chi connectivity index (χ1v) is 34.2. The van der Waals surface area contributed by atoms with E-state index in [-0.39, 0.29) is 85.4 Å². The quantitative estimate of drug-likeness (QED) is 0.0228. The number of Topliss-reactive ketones (excluding diaryl/α,β-unsaturated/α-hetero) is 2. The number of esters is 2. The van der Waals surface area contributed by atoms with Crippen molar-refractivity contribution in [1.82, 2.24) is 56.2 Å². The first-order chi connectivity index (χ1) is 45.6. The number of aliphatic hydroxyl groups excluding tert-OH is 1. The molecular formula is C64H56N12O13S6. The van der Waals surface area contributed by atoms with Gasteiger partial charge in [0.05, 0.1) is 60.8 Å². The van der Waals surface area contributed by atoms with Gasteiger partial charge >= 0.3 is 11.9 Å². The summed E-state index contributed by atoms with van der Waals surface area (Å²) in [5, 5.41) is 33.4. The molecule has 5 amide bonds. The average molecular weight is 1390 g/mol. The summed E-state index contributed by atoms with van der Waals surface area (Å²) in [4.78, 5) is 156. The summed E-state index contributed by atoms with van der Waals surface area (Å²) >= 11 is 6.81. The molecule has 2 aromatic carbocycles. The molecule has 7 atom stereocenters. The monoisotopic (exact) mass is 1390 g/mol. The van der Waals surface area contributed by atoms with Crippen molar-refractivity contribution in [2.45, 2.75) is 82.7 Å². The van der Waals surface area contributed by atoms with E-state index in [1.54, 1.807) is 84.4 Å². The van der Waals surface area contributed by atoms with E-state index in [0.29, 0.717) is 60.3 Å². The molecule has 0 unspecified atom stereocenters. The minimum absolute atomic E-state index is 0.00202. The molecule has 9 heterocycles. The van der Waals surface area contributed by atoms with Crippen molar-refractivity contribution < 1.29 is 62.5 Å². The summed E-state index contributed by atoms with van der Waals surface area (Å²) < 4.78 is 15.7. The van der Waals surface area contributed by atoms with E-state index in [2.05, 4.69) is 49.1 Å². The maximum Gasteiger partial charge on any atom is 0.333 e. The number of nitrogens with zero attached hydrogens (tertiary/aromatic N) is 7. The highest BCUT2D eigenvalue weighted by atomic mass is 32.1. The Morgan fingerprint density at radius 1 is 0.726 bits per heavy atom. The normalized spacial score (nSPS) is 18.0. The van der Waals surface area contributed by atoms with Crippen LogP contribution in [0.15, 0.2) is 118 Å². The number of thiazole rings is 6. The first-order valence-electron chi connectivity index (χ1n) is 29.0. The van der Waals surface area contributed by atoms with Crippen molar-refractivity contribution in [2.75, 3.05) is 13.7 Å². The second kappa shape index (κ2) is 29.0. The number of nitrogens with two attached hydrogens (primary N) is 1. The minimum Gasteiger partial charge on any atom is -0.466 e. The molecule has 0 spiro atoms. The second-order valence-electron chi connectivity index (χ2n) is 21.9. The molecule has 10 bridgehead atoms. The van der Waals surface area contributed by atoms with Crippen LogP contribution in [-0.2, 0) is 39.9 Å². The van der Waals surface area contributed by atoms with Crippen LogP contribution in [0.25, 0.3) is 43.4 Å². The van der Waals surface area contributed by atoms with Crippen LogP contribution < -0.4 is 31.7 Å². The number of hydrogen-bond acceptors (Lipinski definition) is 26. The van der Waals surface area contributed by atoms with Gasteiger partial charge in [0.1, 0.15) is 76.7 Å². The molecule has 486 valence electrons. The van der Waals surface area contributed by atoms with Gasteiger partial charge in [0, 0.05) is 80.9 Å². The number of rotatable bonds is 16. The fourth-order valence-corrected chi connectivity index (χ4v) is 15.4. The molecule has 95 heavy (non-hydrogen) atoms. The number of fused-ring (bicyclic) bond motifs is 14. The zero-order valence-corrected chi connectivity index (χ0v) is 55.6. The Hall–Kier alpha value is -9.60. The molecule has 7 aromatic heterocycles. The third-order valence-corrected chi connectivity index (χ3v) is 20.7. The predicted octanol–water partition coefficient (Wildman–Crippen LogP) is 8.64. The maximum atomic E-state index is 15.0. The summed E-state index contributed by atoms with van der Waals surface area (Å²) in [6.07, 6.45) is -2.82. The van der Waals surface area contributed by atoms with E-state index in [9.17, 15) is 43.5 Å². The van der Waals surface area contributed by atoms with Crippen LogP contribution in [0.5, 0.6) is 5.75 Å². The number of aliphatic hydroxyl groups is 1. The van der Waals surface area contributed by atoms with Gasteiger partial charge in [-0.15, -0.1) is 68.0 Å². The van der Waals surface area contributed by atoms with Gasteiger partial charge in [-0.05, 0) is 42.3 Å². The van der Waals surface area contributed by atoms with Crippen LogP contribution in [0.4, 0.5) is 0 Å².